The van der Waals surface area contributed by atoms with Crippen LogP contribution in [0.2, 0.25) is 0 Å². The molecule has 25 heavy (non-hydrogen) atoms. The van der Waals surface area contributed by atoms with Crippen molar-refractivity contribution in [3.63, 3.8) is 0 Å². The highest BCUT2D eigenvalue weighted by Crippen LogP contribution is 2.32. The molecule has 1 saturated heterocycles. The maximum absolute atomic E-state index is 13.0. The van der Waals surface area contributed by atoms with E-state index < -0.39 is 10.0 Å². The largest absolute Gasteiger partial charge is 0.495 e. The molecule has 1 N–H and O–H groups in total. The Balaban J connectivity index is 1.73. The summed E-state index contributed by atoms with van der Waals surface area (Å²) in [7, 11) is -2.14. The van der Waals surface area contributed by atoms with Crippen molar-refractivity contribution in [2.75, 3.05) is 20.2 Å². The zero-order valence-corrected chi connectivity index (χ0v) is 15.9. The first-order valence-corrected chi connectivity index (χ1v) is 10.2. The van der Waals surface area contributed by atoms with E-state index in [0.717, 1.165) is 24.0 Å². The van der Waals surface area contributed by atoms with Crippen molar-refractivity contribution in [3.8, 4) is 5.75 Å². The number of hydrogen-bond acceptors (Lipinski definition) is 4. The van der Waals surface area contributed by atoms with Gasteiger partial charge in [-0.3, -0.25) is 4.79 Å². The summed E-state index contributed by atoms with van der Waals surface area (Å²) in [6, 6.07) is 3.78. The fourth-order valence-corrected chi connectivity index (χ4v) is 4.86. The van der Waals surface area contributed by atoms with Gasteiger partial charge in [0.1, 0.15) is 10.6 Å². The monoisotopic (exact) mass is 366 g/mol. The third kappa shape index (κ3) is 3.82. The van der Waals surface area contributed by atoms with Crippen molar-refractivity contribution in [1.82, 2.24) is 9.62 Å². The lowest BCUT2D eigenvalue weighted by atomic mass is 9.97. The van der Waals surface area contributed by atoms with Gasteiger partial charge in [0.2, 0.25) is 15.9 Å². The van der Waals surface area contributed by atoms with Gasteiger partial charge in [-0.25, -0.2) is 8.42 Å². The van der Waals surface area contributed by atoms with Gasteiger partial charge in [0.25, 0.3) is 0 Å². The van der Waals surface area contributed by atoms with Crippen molar-refractivity contribution in [2.45, 2.75) is 50.5 Å². The Morgan fingerprint density at radius 3 is 2.28 bits per heavy atom. The number of rotatable bonds is 5. The first-order chi connectivity index (χ1) is 11.8. The van der Waals surface area contributed by atoms with E-state index in [2.05, 4.69) is 5.32 Å². The summed E-state index contributed by atoms with van der Waals surface area (Å²) in [6.07, 6.45) is 3.24. The second-order valence-electron chi connectivity index (χ2n) is 7.05. The minimum atomic E-state index is -3.63. The smallest absolute Gasteiger partial charge is 0.246 e. The van der Waals surface area contributed by atoms with Crippen molar-refractivity contribution in [2.24, 2.45) is 5.92 Å². The van der Waals surface area contributed by atoms with Gasteiger partial charge in [-0.15, -0.1) is 0 Å². The average molecular weight is 366 g/mol. The van der Waals surface area contributed by atoms with Gasteiger partial charge >= 0.3 is 0 Å². The molecule has 1 saturated carbocycles. The lowest BCUT2D eigenvalue weighted by molar-refractivity contribution is -0.126. The van der Waals surface area contributed by atoms with Crippen LogP contribution in [0.15, 0.2) is 17.0 Å². The molecule has 2 aliphatic rings. The Kier molecular flexibility index (Phi) is 5.06. The number of benzene rings is 1. The normalized spacial score (nSPS) is 19.6. The van der Waals surface area contributed by atoms with Gasteiger partial charge in [-0.2, -0.15) is 4.31 Å². The molecule has 2 fully saturated rings. The molecule has 0 radical (unpaired) electrons. The summed E-state index contributed by atoms with van der Waals surface area (Å²) in [4.78, 5) is 12.4. The van der Waals surface area contributed by atoms with Crippen LogP contribution in [-0.2, 0) is 14.8 Å². The van der Waals surface area contributed by atoms with E-state index in [1.807, 2.05) is 13.8 Å². The van der Waals surface area contributed by atoms with E-state index in [4.69, 9.17) is 4.74 Å². The lowest BCUT2D eigenvalue weighted by Gasteiger charge is -2.31. The molecule has 1 aliphatic heterocycles. The van der Waals surface area contributed by atoms with Crippen molar-refractivity contribution in [3.05, 3.63) is 23.3 Å². The van der Waals surface area contributed by atoms with Crippen LogP contribution in [0.3, 0.4) is 0 Å². The summed E-state index contributed by atoms with van der Waals surface area (Å²) in [6.45, 7) is 4.54. The number of nitrogens with one attached hydrogen (secondary N) is 1. The van der Waals surface area contributed by atoms with E-state index in [1.165, 1.54) is 11.4 Å². The van der Waals surface area contributed by atoms with Crippen LogP contribution in [0.25, 0.3) is 0 Å². The Labute approximate surface area is 149 Å². The molecule has 6 nitrogen and oxygen atoms in total. The van der Waals surface area contributed by atoms with E-state index in [0.29, 0.717) is 37.7 Å². The van der Waals surface area contributed by atoms with Crippen LogP contribution in [-0.4, -0.2) is 44.9 Å². The van der Waals surface area contributed by atoms with E-state index in [-0.39, 0.29) is 16.7 Å². The number of piperidine rings is 1. The second kappa shape index (κ2) is 6.96. The van der Waals surface area contributed by atoms with Gasteiger partial charge in [-0.1, -0.05) is 0 Å². The fourth-order valence-electron chi connectivity index (χ4n) is 3.17. The molecule has 1 heterocycles. The van der Waals surface area contributed by atoms with E-state index in [9.17, 15) is 13.2 Å². The van der Waals surface area contributed by atoms with Crippen LogP contribution in [0.4, 0.5) is 0 Å². The molecule has 1 aromatic rings. The number of methoxy groups -OCH3 is 1. The summed E-state index contributed by atoms with van der Waals surface area (Å²) >= 11 is 0. The Morgan fingerprint density at radius 2 is 1.72 bits per heavy atom. The molecular formula is C18H26N2O4S. The number of aryl methyl sites for hydroxylation is 2. The van der Waals surface area contributed by atoms with Gasteiger partial charge in [-0.05, 0) is 62.8 Å². The first-order valence-electron chi connectivity index (χ1n) is 8.78. The summed E-state index contributed by atoms with van der Waals surface area (Å²) in [5, 5.41) is 3.01. The Morgan fingerprint density at radius 1 is 1.12 bits per heavy atom. The highest BCUT2D eigenvalue weighted by Gasteiger charge is 2.35. The number of sulfonamides is 1. The zero-order chi connectivity index (χ0) is 18.2. The number of hydrogen-bond donors (Lipinski definition) is 1. The molecule has 3 rings (SSSR count). The number of ether oxygens (including phenoxy) is 1. The highest BCUT2D eigenvalue weighted by molar-refractivity contribution is 7.89. The maximum Gasteiger partial charge on any atom is 0.246 e. The topological polar surface area (TPSA) is 75.7 Å². The summed E-state index contributed by atoms with van der Waals surface area (Å²) in [5.74, 6) is 0.355. The third-order valence-corrected chi connectivity index (χ3v) is 7.07. The van der Waals surface area contributed by atoms with Crippen molar-refractivity contribution < 1.29 is 17.9 Å². The third-order valence-electron chi connectivity index (χ3n) is 5.15. The predicted molar refractivity (Wildman–Crippen MR) is 95.1 cm³/mol. The van der Waals surface area contributed by atoms with Crippen molar-refractivity contribution >= 4 is 15.9 Å². The SMILES string of the molecule is COc1cc(C)c(C)cc1S(=O)(=O)N1CCC(C(=O)NC2CC2)CC1. The van der Waals surface area contributed by atoms with Gasteiger partial charge < -0.3 is 10.1 Å². The Hall–Kier alpha value is -1.60. The summed E-state index contributed by atoms with van der Waals surface area (Å²) in [5.41, 5.74) is 1.91. The minimum Gasteiger partial charge on any atom is -0.495 e. The van der Waals surface area contributed by atoms with Gasteiger partial charge in [0.05, 0.1) is 7.11 Å². The first kappa shape index (κ1) is 18.2. The van der Waals surface area contributed by atoms with Crippen LogP contribution < -0.4 is 10.1 Å². The standard InChI is InChI=1S/C18H26N2O4S/c1-12-10-16(24-3)17(11-13(12)2)25(22,23)20-8-6-14(7-9-20)18(21)19-15-4-5-15/h10-11,14-15H,4-9H2,1-3H3,(H,19,21). The maximum atomic E-state index is 13.0. The molecule has 138 valence electrons. The van der Waals surface area contributed by atoms with Crippen molar-refractivity contribution in [1.29, 1.82) is 0 Å². The summed E-state index contributed by atoms with van der Waals surface area (Å²) < 4.78 is 32.9. The molecule has 0 spiro atoms. The molecular weight excluding hydrogens is 340 g/mol. The number of carbonyl (C=O) groups excluding carboxylic acids is 1. The van der Waals surface area contributed by atoms with Gasteiger partial charge in [0, 0.05) is 25.0 Å². The molecule has 0 aromatic heterocycles. The average Bonchev–Trinajstić information content (AvgIpc) is 3.40. The lowest BCUT2D eigenvalue weighted by Crippen LogP contribution is -2.43. The molecule has 1 aromatic carbocycles. The molecule has 0 bridgehead atoms. The molecule has 0 atom stereocenters. The molecule has 1 aliphatic carbocycles. The second-order valence-corrected chi connectivity index (χ2v) is 8.95. The Bertz CT molecular complexity index is 764. The highest BCUT2D eigenvalue weighted by atomic mass is 32.2. The number of nitrogens with zero attached hydrogens (tertiary/aromatic N) is 1. The number of amides is 1. The van der Waals surface area contributed by atoms with Crippen LogP contribution in [0, 0.1) is 19.8 Å². The van der Waals surface area contributed by atoms with Crippen LogP contribution in [0.5, 0.6) is 5.75 Å². The van der Waals surface area contributed by atoms with Crippen LogP contribution in [0.1, 0.15) is 36.8 Å². The fraction of sp³-hybridized carbons (Fsp3) is 0.611. The van der Waals surface area contributed by atoms with Gasteiger partial charge in [0.15, 0.2) is 0 Å². The predicted octanol–water partition coefficient (Wildman–Crippen LogP) is 1.99. The molecule has 1 amide bonds. The van der Waals surface area contributed by atoms with E-state index >= 15 is 0 Å². The number of carbonyl (C=O) groups is 1. The minimum absolute atomic E-state index is 0.0725. The van der Waals surface area contributed by atoms with E-state index in [1.54, 1.807) is 12.1 Å². The molecule has 7 heteroatoms. The molecule has 0 unspecified atom stereocenters. The zero-order valence-electron chi connectivity index (χ0n) is 15.0. The van der Waals surface area contributed by atoms with Crippen LogP contribution >= 0.6 is 0 Å². The quantitative estimate of drug-likeness (QED) is 0.865.